The summed E-state index contributed by atoms with van der Waals surface area (Å²) in [6.45, 7) is 6.71. The first-order chi connectivity index (χ1) is 15.1. The predicted molar refractivity (Wildman–Crippen MR) is 123 cm³/mol. The Bertz CT molecular complexity index is 753. The van der Waals surface area contributed by atoms with E-state index in [1.54, 1.807) is 0 Å². The van der Waals surface area contributed by atoms with E-state index in [0.717, 1.165) is 37.9 Å². The predicted octanol–water partition coefficient (Wildman–Crippen LogP) is 4.59. The first kappa shape index (κ1) is 21.5. The summed E-state index contributed by atoms with van der Waals surface area (Å²) >= 11 is 0. The number of hydrogen-bond donors (Lipinski definition) is 0. The first-order valence-electron chi connectivity index (χ1n) is 12.8. The van der Waals surface area contributed by atoms with Gasteiger partial charge in [0.05, 0.1) is 5.92 Å². The molecule has 2 saturated carbocycles. The van der Waals surface area contributed by atoms with Gasteiger partial charge in [-0.05, 0) is 69.5 Å². The summed E-state index contributed by atoms with van der Waals surface area (Å²) in [6.07, 6.45) is 9.16. The third-order valence-electron chi connectivity index (χ3n) is 9.03. The van der Waals surface area contributed by atoms with Crippen LogP contribution in [0.1, 0.15) is 57.4 Å². The molecule has 170 valence electrons. The maximum Gasteiger partial charge on any atom is 0.309 e. The van der Waals surface area contributed by atoms with E-state index in [0.29, 0.717) is 17.9 Å². The van der Waals surface area contributed by atoms with Gasteiger partial charge in [-0.25, -0.2) is 0 Å². The summed E-state index contributed by atoms with van der Waals surface area (Å²) in [7, 11) is 2.35. The van der Waals surface area contributed by atoms with Crippen LogP contribution in [0.25, 0.3) is 0 Å². The average Bonchev–Trinajstić information content (AvgIpc) is 3.07. The highest BCUT2D eigenvalue weighted by molar-refractivity contribution is 5.75. The number of piperidine rings is 1. The number of hydrogen-bond acceptors (Lipinski definition) is 4. The standard InChI is InChI=1S/C27H40N2O2/c1-19-26-24(27(30)31-19)15-21-11-6-7-13-23(21)25(26)18-28(2)22-12-8-14-29(17-22)16-20-9-4-3-5-10-20/h3-5,9-10,19,21-26H,6-8,11-18H2,1-2H3/t19?,21?,22-,23?,24?,25?,26?/m1/s1. The van der Waals surface area contributed by atoms with Crippen molar-refractivity contribution in [1.82, 2.24) is 9.80 Å². The first-order valence-corrected chi connectivity index (χ1v) is 12.8. The average molecular weight is 425 g/mol. The van der Waals surface area contributed by atoms with Crippen LogP contribution in [0.2, 0.25) is 0 Å². The highest BCUT2D eigenvalue weighted by Crippen LogP contribution is 2.53. The van der Waals surface area contributed by atoms with Crippen LogP contribution in [0.15, 0.2) is 30.3 Å². The van der Waals surface area contributed by atoms with Crippen molar-refractivity contribution < 1.29 is 9.53 Å². The highest BCUT2D eigenvalue weighted by atomic mass is 16.6. The molecular weight excluding hydrogens is 384 g/mol. The third kappa shape index (κ3) is 4.43. The molecule has 1 aromatic carbocycles. The second-order valence-corrected chi connectivity index (χ2v) is 10.9. The molecule has 0 aromatic heterocycles. The summed E-state index contributed by atoms with van der Waals surface area (Å²) in [5.74, 6) is 2.83. The number of esters is 1. The van der Waals surface area contributed by atoms with Gasteiger partial charge in [0.2, 0.25) is 0 Å². The Morgan fingerprint density at radius 2 is 1.90 bits per heavy atom. The van der Waals surface area contributed by atoms with E-state index < -0.39 is 0 Å². The molecule has 4 fully saturated rings. The Morgan fingerprint density at radius 3 is 2.74 bits per heavy atom. The van der Waals surface area contributed by atoms with E-state index in [9.17, 15) is 4.79 Å². The van der Waals surface area contributed by atoms with Gasteiger partial charge in [0.25, 0.3) is 0 Å². The molecule has 4 aliphatic rings. The largest absolute Gasteiger partial charge is 0.462 e. The Balaban J connectivity index is 1.27. The van der Waals surface area contributed by atoms with Crippen molar-refractivity contribution in [3.8, 4) is 0 Å². The number of carbonyl (C=O) groups is 1. The van der Waals surface area contributed by atoms with E-state index in [1.165, 1.54) is 50.6 Å². The van der Waals surface area contributed by atoms with Crippen molar-refractivity contribution in [1.29, 1.82) is 0 Å². The van der Waals surface area contributed by atoms with Gasteiger partial charge < -0.3 is 9.64 Å². The summed E-state index contributed by atoms with van der Waals surface area (Å²) in [5, 5.41) is 0. The minimum absolute atomic E-state index is 0.0970. The number of likely N-dealkylation sites (tertiary alicyclic amines) is 1. The Hall–Kier alpha value is -1.39. The zero-order chi connectivity index (χ0) is 21.4. The number of benzene rings is 1. The maximum absolute atomic E-state index is 12.6. The topological polar surface area (TPSA) is 32.8 Å². The molecule has 2 aliphatic heterocycles. The molecule has 4 heteroatoms. The summed E-state index contributed by atoms with van der Waals surface area (Å²) in [6, 6.07) is 11.5. The SMILES string of the molecule is CC1OC(=O)C2CC3CCCCC3C(CN(C)[C@@H]3CCCN(Cc4ccccc4)C3)C12. The van der Waals surface area contributed by atoms with Crippen LogP contribution in [0, 0.1) is 29.6 Å². The van der Waals surface area contributed by atoms with Gasteiger partial charge in [-0.15, -0.1) is 0 Å². The van der Waals surface area contributed by atoms with E-state index in [-0.39, 0.29) is 18.0 Å². The zero-order valence-corrected chi connectivity index (χ0v) is 19.4. The number of carbonyl (C=O) groups excluding carboxylic acids is 1. The number of cyclic esters (lactones) is 1. The van der Waals surface area contributed by atoms with Gasteiger partial charge >= 0.3 is 5.97 Å². The van der Waals surface area contributed by atoms with Crippen molar-refractivity contribution in [2.75, 3.05) is 26.7 Å². The summed E-state index contributed by atoms with van der Waals surface area (Å²) < 4.78 is 5.79. The molecule has 0 spiro atoms. The molecule has 0 N–H and O–H groups in total. The molecule has 7 atom stereocenters. The molecule has 0 bridgehead atoms. The molecule has 4 nitrogen and oxygen atoms in total. The molecule has 31 heavy (non-hydrogen) atoms. The van der Waals surface area contributed by atoms with Crippen molar-refractivity contribution in [3.05, 3.63) is 35.9 Å². The fraction of sp³-hybridized carbons (Fsp3) is 0.741. The molecule has 6 unspecified atom stereocenters. The van der Waals surface area contributed by atoms with Crippen LogP contribution in [-0.2, 0) is 16.1 Å². The quantitative estimate of drug-likeness (QED) is 0.648. The lowest BCUT2D eigenvalue weighted by molar-refractivity contribution is -0.144. The van der Waals surface area contributed by atoms with Gasteiger partial charge in [-0.2, -0.15) is 0 Å². The number of nitrogens with zero attached hydrogens (tertiary/aromatic N) is 2. The molecule has 2 saturated heterocycles. The molecule has 5 rings (SSSR count). The van der Waals surface area contributed by atoms with Crippen LogP contribution in [0.3, 0.4) is 0 Å². The van der Waals surface area contributed by atoms with Crippen LogP contribution < -0.4 is 0 Å². The molecule has 1 aromatic rings. The number of rotatable bonds is 5. The van der Waals surface area contributed by atoms with E-state index in [4.69, 9.17) is 4.74 Å². The number of fused-ring (bicyclic) bond motifs is 2. The lowest BCUT2D eigenvalue weighted by atomic mass is 9.57. The minimum Gasteiger partial charge on any atom is -0.462 e. The van der Waals surface area contributed by atoms with Crippen LogP contribution in [0.5, 0.6) is 0 Å². The third-order valence-corrected chi connectivity index (χ3v) is 9.03. The molecule has 0 amide bonds. The van der Waals surface area contributed by atoms with Crippen molar-refractivity contribution in [2.45, 2.75) is 70.6 Å². The van der Waals surface area contributed by atoms with Gasteiger partial charge in [0.1, 0.15) is 6.10 Å². The van der Waals surface area contributed by atoms with Crippen molar-refractivity contribution in [3.63, 3.8) is 0 Å². The molecule has 2 aliphatic carbocycles. The van der Waals surface area contributed by atoms with Gasteiger partial charge in [-0.1, -0.05) is 49.6 Å². The second-order valence-electron chi connectivity index (χ2n) is 10.9. The fourth-order valence-electron chi connectivity index (χ4n) is 7.55. The van der Waals surface area contributed by atoms with E-state index in [1.807, 2.05) is 0 Å². The van der Waals surface area contributed by atoms with E-state index >= 15 is 0 Å². The lowest BCUT2D eigenvalue weighted by Gasteiger charge is -2.49. The number of likely N-dealkylation sites (N-methyl/N-ethyl adjacent to an activating group) is 1. The van der Waals surface area contributed by atoms with Crippen molar-refractivity contribution in [2.24, 2.45) is 29.6 Å². The van der Waals surface area contributed by atoms with Gasteiger partial charge in [0, 0.05) is 31.6 Å². The van der Waals surface area contributed by atoms with E-state index in [2.05, 4.69) is 54.1 Å². The van der Waals surface area contributed by atoms with Gasteiger partial charge in [-0.3, -0.25) is 9.69 Å². The smallest absolute Gasteiger partial charge is 0.309 e. The maximum atomic E-state index is 12.6. The molecule has 2 heterocycles. The number of ether oxygens (including phenoxy) is 1. The van der Waals surface area contributed by atoms with Crippen LogP contribution in [0.4, 0.5) is 0 Å². The van der Waals surface area contributed by atoms with Gasteiger partial charge in [0.15, 0.2) is 0 Å². The fourth-order valence-corrected chi connectivity index (χ4v) is 7.55. The van der Waals surface area contributed by atoms with Crippen molar-refractivity contribution >= 4 is 5.97 Å². The van der Waals surface area contributed by atoms with Crippen LogP contribution in [-0.4, -0.2) is 54.6 Å². The lowest BCUT2D eigenvalue weighted by Crippen LogP contribution is -2.52. The minimum atomic E-state index is 0.0970. The summed E-state index contributed by atoms with van der Waals surface area (Å²) in [5.41, 5.74) is 1.42. The normalized spacial score (nSPS) is 38.5. The summed E-state index contributed by atoms with van der Waals surface area (Å²) in [4.78, 5) is 17.9. The Labute approximate surface area is 188 Å². The zero-order valence-electron chi connectivity index (χ0n) is 19.4. The Kier molecular flexibility index (Phi) is 6.39. The molecule has 0 radical (unpaired) electrons. The highest BCUT2D eigenvalue weighted by Gasteiger charge is 2.54. The Morgan fingerprint density at radius 1 is 1.10 bits per heavy atom. The monoisotopic (exact) mass is 424 g/mol. The van der Waals surface area contributed by atoms with Crippen LogP contribution >= 0.6 is 0 Å². The second kappa shape index (κ2) is 9.23. The molecular formula is C27H40N2O2.